The van der Waals surface area contributed by atoms with Gasteiger partial charge in [-0.2, -0.15) is 19.2 Å². The molecule has 0 radical (unpaired) electrons. The lowest BCUT2D eigenvalue weighted by Gasteiger charge is -2.72. The molecule has 2 saturated heterocycles. The number of aryl methyl sites for hydroxylation is 1. The van der Waals surface area contributed by atoms with Crippen LogP contribution in [0.15, 0.2) is 91.1 Å². The van der Waals surface area contributed by atoms with E-state index in [0.29, 0.717) is 117 Å². The molecule has 2 aromatic carbocycles. The van der Waals surface area contributed by atoms with E-state index < -0.39 is 19.7 Å². The Morgan fingerprint density at radius 2 is 0.833 bits per heavy atom. The first-order chi connectivity index (χ1) is 46.6. The van der Waals surface area contributed by atoms with E-state index in [1.807, 2.05) is 0 Å². The number of hydrogen-bond acceptors (Lipinski definition) is 12. The fourth-order valence-electron chi connectivity index (χ4n) is 27.3. The fraction of sp³-hybridized carbons (Fsp3) is 0.741. The van der Waals surface area contributed by atoms with Gasteiger partial charge in [-0.05, 0) is 261 Å². The van der Waals surface area contributed by atoms with Crippen LogP contribution in [0.4, 0.5) is 0 Å². The number of rotatable bonds is 12. The molecule has 102 heavy (non-hydrogen) atoms. The summed E-state index contributed by atoms with van der Waals surface area (Å²) in [6.07, 6.45) is 29.4. The van der Waals surface area contributed by atoms with Gasteiger partial charge in [0, 0.05) is 63.4 Å². The maximum Gasteiger partial charge on any atom is 0.373 e. The van der Waals surface area contributed by atoms with Crippen molar-refractivity contribution in [3.8, 4) is 0 Å². The van der Waals surface area contributed by atoms with E-state index in [2.05, 4.69) is 190 Å². The van der Waals surface area contributed by atoms with Gasteiger partial charge < -0.3 is 25.9 Å². The van der Waals surface area contributed by atoms with Crippen molar-refractivity contribution in [2.45, 2.75) is 217 Å². The van der Waals surface area contributed by atoms with Gasteiger partial charge in [-0.1, -0.05) is 166 Å². The van der Waals surface area contributed by atoms with Crippen LogP contribution < -0.4 is 10.6 Å². The smallest absolute Gasteiger partial charge is 0.373 e. The maximum atomic E-state index is 12.0. The zero-order valence-electron chi connectivity index (χ0n) is 64.5. The summed E-state index contributed by atoms with van der Waals surface area (Å²) in [5.41, 5.74) is 12.9. The van der Waals surface area contributed by atoms with E-state index in [4.69, 9.17) is 19.2 Å². The molecule has 13 nitrogen and oxygen atoms in total. The summed E-state index contributed by atoms with van der Waals surface area (Å²) in [4.78, 5) is 37.2. The van der Waals surface area contributed by atoms with E-state index in [1.54, 1.807) is 11.1 Å². The first kappa shape index (κ1) is 84.5. The Labute approximate surface area is 639 Å². The lowest BCUT2D eigenvalue weighted by Crippen LogP contribution is -2.68. The second-order valence-electron chi connectivity index (χ2n) is 37.0. The van der Waals surface area contributed by atoms with Gasteiger partial charge in [0.15, 0.2) is 19.7 Å². The third-order valence-corrected chi connectivity index (χ3v) is 35.6. The minimum atomic E-state index is -2.84. The van der Waals surface area contributed by atoms with Gasteiger partial charge >= 0.3 is 12.3 Å². The Bertz CT molecular complexity index is 3660. The minimum absolute atomic E-state index is 0. The van der Waals surface area contributed by atoms with Crippen molar-refractivity contribution in [2.24, 2.45) is 102 Å². The van der Waals surface area contributed by atoms with E-state index in [0.717, 1.165) is 49.9 Å². The fourth-order valence-corrected chi connectivity index (χ4v) is 29.9. The normalized spacial score (nSPS) is 40.6. The van der Waals surface area contributed by atoms with E-state index >= 15 is 0 Å². The lowest BCUT2D eigenvalue weighted by atomic mass is 9.33. The van der Waals surface area contributed by atoms with Gasteiger partial charge in [0.2, 0.25) is 0 Å². The molecule has 8 saturated carbocycles. The predicted octanol–water partition coefficient (Wildman–Crippen LogP) is 16.2. The topological polar surface area (TPSA) is 199 Å². The molecule has 10 fully saturated rings. The summed E-state index contributed by atoms with van der Waals surface area (Å²) in [6, 6.07) is 20.5. The van der Waals surface area contributed by atoms with Crippen molar-refractivity contribution in [1.82, 2.24) is 20.4 Å². The minimum Gasteiger partial charge on any atom is -0.412 e. The second kappa shape index (κ2) is 31.5. The first-order valence-electron chi connectivity index (χ1n) is 38.8. The van der Waals surface area contributed by atoms with Crippen LogP contribution in [0, 0.1) is 109 Å². The highest BCUT2D eigenvalue weighted by atomic mass is 127. The summed E-state index contributed by atoms with van der Waals surface area (Å²) in [6.45, 7) is 49.3. The molecular formula is C85H130ClIN4O9S2. The Morgan fingerprint density at radius 1 is 0.480 bits per heavy atom. The van der Waals surface area contributed by atoms with Crippen molar-refractivity contribution < 1.29 is 41.5 Å². The van der Waals surface area contributed by atoms with Crippen molar-refractivity contribution in [1.29, 1.82) is 0 Å². The van der Waals surface area contributed by atoms with Crippen molar-refractivity contribution >= 4 is 79.5 Å². The number of fused-ring (bicyclic) bond motifs is 14. The predicted molar refractivity (Wildman–Crippen MR) is 425 cm³/mol. The van der Waals surface area contributed by atoms with Crippen LogP contribution in [0.25, 0.3) is 11.1 Å². The summed E-state index contributed by atoms with van der Waals surface area (Å²) < 4.78 is 48.0. The molecule has 0 spiro atoms. The molecule has 14 rings (SSSR count). The standard InChI is InChI=1S/C42H64N2O2S.C41H62N2O2S.2CO2.ClH.HI.H2O/c1-29(2)32-15-20-42(43-23-24-44-25-27-47(45,46)28-26-44)22-21-40(7)34(37(32)42)13-14-36-39(6)18-16-33(31-11-9-30(3)10-12-31)38(4,5)35(39)17-19-41(36,40)8;1-29(2)31-15-20-41(42-23-24-43-25-27-46(44,45)28-26-43)22-21-39(6)33(36(31)41)13-14-35-38(5)18-16-32(30-11-9-8-10-12-30)37(3,4)34(38)17-19-40(35,39)7;2*2-1-3;;;/h9-12,16,32,34-37,43H,1,13-15,17-28H2,2-8H3;8-12,16,31,33-36,42H,1,13-15,17-28H2,2-7H3;;;2*1H;1H2/t32-,34+,35-,36+,37+,39-,40+,41+,42-;31-,33+,34-,35+,36+,38-,39+,40+,41-;;;;;/m00...../s1. The van der Waals surface area contributed by atoms with Gasteiger partial charge in [0.05, 0.1) is 23.0 Å². The SMILES string of the molecule is C=C(C)[C@@H]1CC[C@]2(NCCN3CCS(=O)(=O)CC3)CC[C@]3(C)[C@H](CC[C@@H]4[C@@]5(C)CC=C(c6ccc(C)cc6)C(C)(C)[C@@H]5CC[C@]43C)[C@@H]12.C=C(C)[C@@H]1CC[C@]2(NCCN3CCS(=O)(=O)CC3)CC[C@]3(C)[C@H](CC[C@@H]4[C@@]5(C)CC=C(c6ccccc6)C(C)(C)[C@@H]5CC[C@]43C)[C@@H]12.Cl.I.O.O=C=O.O=C=O. The monoisotopic (exact) mass is 1580 g/mol. The molecule has 18 atom stereocenters. The number of hydrogen-bond donors (Lipinski definition) is 2. The van der Waals surface area contributed by atoms with E-state index in [1.165, 1.54) is 143 Å². The van der Waals surface area contributed by atoms with E-state index in [-0.39, 0.29) is 76.1 Å². The van der Waals surface area contributed by atoms with Gasteiger partial charge in [-0.15, -0.1) is 36.4 Å². The Hall–Kier alpha value is -3.12. The molecule has 12 aliphatic rings. The van der Waals surface area contributed by atoms with Gasteiger partial charge in [-0.3, -0.25) is 0 Å². The molecule has 4 N–H and O–H groups in total. The van der Waals surface area contributed by atoms with Crippen LogP contribution in [0.1, 0.15) is 215 Å². The van der Waals surface area contributed by atoms with Crippen molar-refractivity contribution in [3.05, 3.63) is 108 Å². The highest BCUT2D eigenvalue weighted by molar-refractivity contribution is 14.0. The molecule has 0 aromatic heterocycles. The zero-order valence-corrected chi connectivity index (χ0v) is 69.3. The third kappa shape index (κ3) is 14.6. The summed E-state index contributed by atoms with van der Waals surface area (Å²) in [5.74, 6) is 8.17. The molecule has 2 aliphatic heterocycles. The second-order valence-corrected chi connectivity index (χ2v) is 41.6. The van der Waals surface area contributed by atoms with Crippen LogP contribution >= 0.6 is 36.4 Å². The van der Waals surface area contributed by atoms with Crippen LogP contribution in [-0.4, -0.2) is 131 Å². The average molecular weight is 1580 g/mol. The lowest BCUT2D eigenvalue weighted by molar-refractivity contribution is -0.219. The highest BCUT2D eigenvalue weighted by Gasteiger charge is 2.73. The number of nitrogens with one attached hydrogen (secondary N) is 2. The van der Waals surface area contributed by atoms with Gasteiger partial charge in [-0.25, -0.2) is 16.8 Å². The van der Waals surface area contributed by atoms with Gasteiger partial charge in [0.1, 0.15) is 0 Å². The summed E-state index contributed by atoms with van der Waals surface area (Å²) >= 11 is 0. The molecule has 2 aromatic rings. The number of benzene rings is 2. The highest BCUT2D eigenvalue weighted by Crippen LogP contribution is 2.79. The number of carbonyl (C=O) groups excluding carboxylic acids is 4. The van der Waals surface area contributed by atoms with E-state index in [9.17, 15) is 16.8 Å². The Kier molecular flexibility index (Phi) is 26.1. The molecule has 0 amide bonds. The average Bonchev–Trinajstić information content (AvgIpc) is 1.00. The van der Waals surface area contributed by atoms with Crippen LogP contribution in [-0.2, 0) is 38.9 Å². The molecule has 17 heteroatoms. The maximum absolute atomic E-state index is 12.0. The molecule has 570 valence electrons. The van der Waals surface area contributed by atoms with Crippen molar-refractivity contribution in [2.75, 3.05) is 75.4 Å². The largest absolute Gasteiger partial charge is 0.412 e. The molecule has 10 aliphatic carbocycles. The molecule has 0 unspecified atom stereocenters. The number of nitrogens with zero attached hydrogens (tertiary/aromatic N) is 2. The third-order valence-electron chi connectivity index (χ3n) is 32.4. The quantitative estimate of drug-likeness (QED) is 0.151. The molecule has 0 bridgehead atoms. The number of sulfone groups is 2. The Balaban J connectivity index is 0.000000234. The summed E-state index contributed by atoms with van der Waals surface area (Å²) in [7, 11) is -5.68. The van der Waals surface area contributed by atoms with Gasteiger partial charge in [0.25, 0.3) is 0 Å². The molecular weight excluding hydrogens is 1450 g/mol. The molecule has 2 heterocycles. The number of halogens is 2. The van der Waals surface area contributed by atoms with Crippen LogP contribution in [0.5, 0.6) is 0 Å². The van der Waals surface area contributed by atoms with Crippen LogP contribution in [0.3, 0.4) is 0 Å². The Morgan fingerprint density at radius 3 is 1.19 bits per heavy atom. The zero-order chi connectivity index (χ0) is 71.8. The summed E-state index contributed by atoms with van der Waals surface area (Å²) in [5, 5.41) is 8.46. The van der Waals surface area contributed by atoms with Crippen molar-refractivity contribution in [3.63, 3.8) is 0 Å². The number of allylic oxidation sites excluding steroid dienone is 6. The first-order valence-corrected chi connectivity index (χ1v) is 42.4. The van der Waals surface area contributed by atoms with Crippen LogP contribution in [0.2, 0.25) is 0 Å².